The molecule has 0 aliphatic rings. The summed E-state index contributed by atoms with van der Waals surface area (Å²) in [5, 5.41) is 15.2. The normalized spacial score (nSPS) is 10.6. The first kappa shape index (κ1) is 29.1. The van der Waals surface area contributed by atoms with Gasteiger partial charge in [0.2, 0.25) is 0 Å². The van der Waals surface area contributed by atoms with E-state index in [0.29, 0.717) is 5.56 Å². The number of carbonyl (C=O) groups excluding carboxylic acids is 2. The molecule has 1 aromatic heterocycles. The van der Waals surface area contributed by atoms with Crippen molar-refractivity contribution in [2.75, 3.05) is 35.0 Å². The Balaban J connectivity index is 1.76. The van der Waals surface area contributed by atoms with Gasteiger partial charge in [-0.2, -0.15) is 10.1 Å². The number of aryl methyl sites for hydroxylation is 1. The molecule has 1 heterocycles. The lowest BCUT2D eigenvalue weighted by Crippen LogP contribution is -2.24. The number of aromatic nitrogens is 2. The van der Waals surface area contributed by atoms with Gasteiger partial charge in [-0.1, -0.05) is 0 Å². The zero-order valence-electron chi connectivity index (χ0n) is 22.1. The fraction of sp³-hybridized carbons (Fsp3) is 0.240. The van der Waals surface area contributed by atoms with E-state index in [0.717, 1.165) is 6.21 Å². The number of benzene rings is 2. The van der Waals surface area contributed by atoms with Crippen LogP contribution in [0.3, 0.4) is 0 Å². The van der Waals surface area contributed by atoms with Crippen molar-refractivity contribution in [3.8, 4) is 34.3 Å². The summed E-state index contributed by atoms with van der Waals surface area (Å²) in [7, 11) is 5.29. The third-order valence-corrected chi connectivity index (χ3v) is 5.43. The van der Waals surface area contributed by atoms with E-state index >= 15 is 0 Å². The van der Waals surface area contributed by atoms with Crippen LogP contribution in [-0.2, 0) is 9.53 Å². The second-order valence-corrected chi connectivity index (χ2v) is 7.85. The zero-order valence-corrected chi connectivity index (χ0v) is 22.1. The van der Waals surface area contributed by atoms with E-state index in [2.05, 4.69) is 20.5 Å². The van der Waals surface area contributed by atoms with Crippen molar-refractivity contribution in [3.05, 3.63) is 67.8 Å². The monoisotopic (exact) mass is 555 g/mol. The topological polar surface area (TPSA) is 194 Å². The second-order valence-electron chi connectivity index (χ2n) is 7.85. The summed E-state index contributed by atoms with van der Waals surface area (Å²) in [6, 6.07) is 7.00. The number of nitrogens with zero attached hydrogens (tertiary/aromatic N) is 3. The summed E-state index contributed by atoms with van der Waals surface area (Å²) in [5.41, 5.74) is 2.11. The number of nitro benzene ring substituents is 1. The Hall–Kier alpha value is -5.47. The predicted molar refractivity (Wildman–Crippen MR) is 140 cm³/mol. The minimum Gasteiger partial charge on any atom is -0.493 e. The van der Waals surface area contributed by atoms with Gasteiger partial charge in [0, 0.05) is 11.3 Å². The molecule has 40 heavy (non-hydrogen) atoms. The summed E-state index contributed by atoms with van der Waals surface area (Å²) in [4.78, 5) is 53.7. The third-order valence-electron chi connectivity index (χ3n) is 5.43. The van der Waals surface area contributed by atoms with Crippen LogP contribution in [0.1, 0.15) is 21.6 Å². The molecule has 0 radical (unpaired) electrons. The standard InChI is InChI=1S/C25H25N5O10/c1-13-22(24(32)39-5)23(28-25(33)27-13)14-6-7-17(18(8-14)36-2)40-12-21(31)29-26-11-15-9-19(37-3)20(38-4)10-16(15)30(34)35/h6-11H,12H2,1-5H3,(H,29,31)(H,27,28,33). The van der Waals surface area contributed by atoms with Gasteiger partial charge in [0.25, 0.3) is 11.6 Å². The van der Waals surface area contributed by atoms with Crippen LogP contribution in [0.2, 0.25) is 0 Å². The summed E-state index contributed by atoms with van der Waals surface area (Å²) < 4.78 is 25.9. The molecule has 1 amide bonds. The van der Waals surface area contributed by atoms with Crippen molar-refractivity contribution in [1.29, 1.82) is 0 Å². The largest absolute Gasteiger partial charge is 0.493 e. The van der Waals surface area contributed by atoms with E-state index in [9.17, 15) is 24.5 Å². The molecular weight excluding hydrogens is 530 g/mol. The van der Waals surface area contributed by atoms with Gasteiger partial charge in [-0.3, -0.25) is 14.9 Å². The number of hydrazone groups is 1. The number of nitro groups is 1. The smallest absolute Gasteiger partial charge is 0.345 e. The third kappa shape index (κ3) is 6.50. The van der Waals surface area contributed by atoms with Gasteiger partial charge in [0.1, 0.15) is 5.56 Å². The highest BCUT2D eigenvalue weighted by atomic mass is 16.6. The maximum Gasteiger partial charge on any atom is 0.345 e. The Kier molecular flexibility index (Phi) is 9.35. The van der Waals surface area contributed by atoms with Crippen molar-refractivity contribution in [3.63, 3.8) is 0 Å². The number of esters is 1. The first-order valence-corrected chi connectivity index (χ1v) is 11.4. The first-order valence-electron chi connectivity index (χ1n) is 11.4. The van der Waals surface area contributed by atoms with Crippen LogP contribution in [0, 0.1) is 17.0 Å². The maximum absolute atomic E-state index is 12.3. The molecule has 0 bridgehead atoms. The molecule has 0 atom stereocenters. The number of hydrogen-bond acceptors (Lipinski definition) is 12. The van der Waals surface area contributed by atoms with E-state index in [1.165, 1.54) is 65.7 Å². The van der Waals surface area contributed by atoms with Crippen LogP contribution in [0.25, 0.3) is 11.3 Å². The van der Waals surface area contributed by atoms with Gasteiger partial charge in [-0.15, -0.1) is 0 Å². The Labute approximate surface area is 226 Å². The number of carbonyl (C=O) groups is 2. The summed E-state index contributed by atoms with van der Waals surface area (Å²) in [5.74, 6) is -0.608. The Morgan fingerprint density at radius 2 is 1.70 bits per heavy atom. The number of aromatic amines is 1. The molecule has 15 nitrogen and oxygen atoms in total. The Morgan fingerprint density at radius 3 is 2.33 bits per heavy atom. The summed E-state index contributed by atoms with van der Waals surface area (Å²) >= 11 is 0. The molecule has 3 aromatic rings. The fourth-order valence-electron chi connectivity index (χ4n) is 3.58. The second kappa shape index (κ2) is 12.9. The van der Waals surface area contributed by atoms with E-state index in [-0.39, 0.29) is 51.2 Å². The molecule has 0 aliphatic heterocycles. The molecule has 210 valence electrons. The highest BCUT2D eigenvalue weighted by molar-refractivity contribution is 5.97. The van der Waals surface area contributed by atoms with Crippen molar-refractivity contribution in [1.82, 2.24) is 15.4 Å². The Morgan fingerprint density at radius 1 is 1.05 bits per heavy atom. The van der Waals surface area contributed by atoms with Crippen LogP contribution < -0.4 is 30.1 Å². The molecule has 0 fully saturated rings. The molecular formula is C25H25N5O10. The van der Waals surface area contributed by atoms with E-state index in [1.807, 2.05) is 0 Å². The van der Waals surface area contributed by atoms with Crippen LogP contribution in [0.5, 0.6) is 23.0 Å². The van der Waals surface area contributed by atoms with E-state index in [4.69, 9.17) is 23.7 Å². The Bertz CT molecular complexity index is 1530. The lowest BCUT2D eigenvalue weighted by Gasteiger charge is -2.13. The number of ether oxygens (including phenoxy) is 5. The first-order chi connectivity index (χ1) is 19.1. The highest BCUT2D eigenvalue weighted by Gasteiger charge is 2.21. The average molecular weight is 556 g/mol. The molecule has 0 saturated heterocycles. The molecule has 0 unspecified atom stereocenters. The number of rotatable bonds is 11. The van der Waals surface area contributed by atoms with Gasteiger partial charge in [-0.25, -0.2) is 15.0 Å². The van der Waals surface area contributed by atoms with Gasteiger partial charge in [0.15, 0.2) is 29.6 Å². The van der Waals surface area contributed by atoms with Crippen LogP contribution in [-0.4, -0.2) is 68.0 Å². The van der Waals surface area contributed by atoms with Crippen molar-refractivity contribution < 1.29 is 38.2 Å². The molecule has 0 aliphatic carbocycles. The van der Waals surface area contributed by atoms with Crippen LogP contribution >= 0.6 is 0 Å². The van der Waals surface area contributed by atoms with Gasteiger partial charge in [0.05, 0.1) is 56.9 Å². The quantitative estimate of drug-likeness (QED) is 0.152. The SMILES string of the molecule is COC(=O)c1c(-c2ccc(OCC(=O)NN=Cc3cc(OC)c(OC)cc3[N+](=O)[O-])c(OC)c2)nc(=O)[nH]c1C. The maximum atomic E-state index is 12.3. The van der Waals surface area contributed by atoms with Crippen LogP contribution in [0.15, 0.2) is 40.2 Å². The van der Waals surface area contributed by atoms with E-state index < -0.39 is 29.1 Å². The van der Waals surface area contributed by atoms with Gasteiger partial charge < -0.3 is 28.7 Å². The van der Waals surface area contributed by atoms with Gasteiger partial charge >= 0.3 is 11.7 Å². The van der Waals surface area contributed by atoms with E-state index in [1.54, 1.807) is 0 Å². The minimum atomic E-state index is -0.689. The number of nitrogens with one attached hydrogen (secondary N) is 2. The number of amides is 1. The minimum absolute atomic E-state index is 0.0658. The van der Waals surface area contributed by atoms with Crippen molar-refractivity contribution in [2.45, 2.75) is 6.92 Å². The lowest BCUT2D eigenvalue weighted by molar-refractivity contribution is -0.385. The molecule has 2 aromatic carbocycles. The number of methoxy groups -OCH3 is 4. The fourth-order valence-corrected chi connectivity index (χ4v) is 3.58. The average Bonchev–Trinajstić information content (AvgIpc) is 2.94. The molecule has 15 heteroatoms. The number of H-pyrrole nitrogens is 1. The zero-order chi connectivity index (χ0) is 29.4. The number of hydrogen-bond donors (Lipinski definition) is 2. The van der Waals surface area contributed by atoms with Crippen LogP contribution in [0.4, 0.5) is 5.69 Å². The summed E-state index contributed by atoms with van der Waals surface area (Å²) in [6.07, 6.45) is 1.09. The highest BCUT2D eigenvalue weighted by Crippen LogP contribution is 2.34. The van der Waals surface area contributed by atoms with Crippen molar-refractivity contribution in [2.24, 2.45) is 5.10 Å². The molecule has 0 spiro atoms. The molecule has 0 saturated carbocycles. The van der Waals surface area contributed by atoms with Gasteiger partial charge in [-0.05, 0) is 31.2 Å². The predicted octanol–water partition coefficient (Wildman–Crippen LogP) is 2.00. The summed E-state index contributed by atoms with van der Waals surface area (Å²) in [6.45, 7) is 1.05. The lowest BCUT2D eigenvalue weighted by atomic mass is 10.0. The molecule has 3 rings (SSSR count). The van der Waals surface area contributed by atoms with Crippen molar-refractivity contribution >= 4 is 23.8 Å². The molecule has 2 N–H and O–H groups in total.